The van der Waals surface area contributed by atoms with Crippen molar-refractivity contribution in [2.75, 3.05) is 48.0 Å². The molecule has 0 aliphatic heterocycles. The summed E-state index contributed by atoms with van der Waals surface area (Å²) in [6.07, 6.45) is -0.776. The Morgan fingerprint density at radius 3 is 2.31 bits per heavy atom. The van der Waals surface area contributed by atoms with Crippen molar-refractivity contribution < 1.29 is 61.5 Å². The van der Waals surface area contributed by atoms with Crippen LogP contribution in [0.3, 0.4) is 0 Å². The molecule has 338 valence electrons. The summed E-state index contributed by atoms with van der Waals surface area (Å²) in [5.41, 5.74) is 6.01. The maximum atomic E-state index is 13.3. The highest BCUT2D eigenvalue weighted by molar-refractivity contribution is 8.76. The summed E-state index contributed by atoms with van der Waals surface area (Å²) in [5.74, 6) is -8.65. The molecule has 3 atom stereocenters. The number of carboxylic acid groups (broad SMARTS) is 2. The Hall–Kier alpha value is -6.06. The first-order valence-corrected chi connectivity index (χ1v) is 22.8. The third-order valence-electron chi connectivity index (χ3n) is 8.23. The van der Waals surface area contributed by atoms with Gasteiger partial charge >= 0.3 is 18.0 Å². The van der Waals surface area contributed by atoms with E-state index in [9.17, 15) is 57.0 Å². The molecule has 0 fully saturated rings. The number of amides is 4. The van der Waals surface area contributed by atoms with Crippen LogP contribution in [0.2, 0.25) is 0 Å². The zero-order valence-corrected chi connectivity index (χ0v) is 35.5. The lowest BCUT2D eigenvalue weighted by molar-refractivity contribution is -0.142. The molecule has 0 saturated heterocycles. The lowest BCUT2D eigenvalue weighted by Gasteiger charge is -2.20. The first kappa shape index (κ1) is 50.3. The number of aliphatic carboxylic acids is 2. The van der Waals surface area contributed by atoms with Gasteiger partial charge in [-0.2, -0.15) is 13.4 Å². The highest BCUT2D eigenvalue weighted by atomic mass is 33.1. The van der Waals surface area contributed by atoms with Gasteiger partial charge in [-0.05, 0) is 37.1 Å². The average Bonchev–Trinajstić information content (AvgIpc) is 3.20. The number of aromatic nitrogens is 4. The van der Waals surface area contributed by atoms with Gasteiger partial charge in [-0.25, -0.2) is 24.4 Å². The fraction of sp³-hybridized carbons (Fsp3) is 0.457. The Balaban J connectivity index is 1.57. The number of fused-ring (bicyclic) bond motifs is 1. The van der Waals surface area contributed by atoms with Gasteiger partial charge in [0.25, 0.3) is 21.6 Å². The molecule has 0 spiro atoms. The van der Waals surface area contributed by atoms with Gasteiger partial charge in [0.2, 0.25) is 17.8 Å². The monoisotopic (exact) mass is 926 g/mol. The average molecular weight is 927 g/mol. The third kappa shape index (κ3) is 18.3. The summed E-state index contributed by atoms with van der Waals surface area (Å²) in [5, 5.41) is 31.9. The van der Waals surface area contributed by atoms with Gasteiger partial charge in [0, 0.05) is 55.1 Å². The number of carboxylic acids is 2. The van der Waals surface area contributed by atoms with Crippen LogP contribution in [0.15, 0.2) is 35.3 Å². The molecule has 0 aliphatic carbocycles. The summed E-state index contributed by atoms with van der Waals surface area (Å²) >= 11 is 0. The van der Waals surface area contributed by atoms with Crippen molar-refractivity contribution in [1.82, 2.24) is 41.2 Å². The molecule has 3 rings (SSSR count). The zero-order chi connectivity index (χ0) is 45.8. The number of Topliss-reactive ketones (excluding diaryl/α,β-unsaturated/α-hetero) is 1. The molecule has 1 aromatic carbocycles. The number of rotatable bonds is 27. The first-order valence-electron chi connectivity index (χ1n) is 18.7. The number of alkyl carbamates (subject to hydrolysis) is 1. The fourth-order valence-electron chi connectivity index (χ4n) is 5.13. The molecule has 4 amide bonds. The minimum atomic E-state index is -4.45. The Kier molecular flexibility index (Phi) is 20.3. The van der Waals surface area contributed by atoms with Crippen LogP contribution < -0.4 is 37.9 Å². The molecule has 11 N–H and O–H groups in total. The summed E-state index contributed by atoms with van der Waals surface area (Å²) in [6.45, 7) is 1.93. The van der Waals surface area contributed by atoms with Crippen molar-refractivity contribution in [2.45, 2.75) is 57.7 Å². The van der Waals surface area contributed by atoms with E-state index in [1.165, 1.54) is 30.5 Å². The number of H-pyrrole nitrogens is 1. The lowest BCUT2D eigenvalue weighted by atomic mass is 9.94. The number of anilines is 2. The summed E-state index contributed by atoms with van der Waals surface area (Å²) < 4.78 is 36.1. The van der Waals surface area contributed by atoms with E-state index in [1.54, 1.807) is 0 Å². The summed E-state index contributed by atoms with van der Waals surface area (Å²) in [4.78, 5) is 114. The minimum absolute atomic E-state index is 0.00971. The minimum Gasteiger partial charge on any atom is -0.480 e. The Bertz CT molecular complexity index is 2250. The highest BCUT2D eigenvalue weighted by Crippen LogP contribution is 2.22. The number of nitrogen functional groups attached to an aromatic ring is 1. The zero-order valence-electron chi connectivity index (χ0n) is 33.1. The smallest absolute Gasteiger partial charge is 0.407 e. The van der Waals surface area contributed by atoms with Crippen LogP contribution in [0, 0.1) is 5.92 Å². The highest BCUT2D eigenvalue weighted by Gasteiger charge is 2.30. The largest absolute Gasteiger partial charge is 0.480 e. The summed E-state index contributed by atoms with van der Waals surface area (Å²) in [6, 6.07) is 2.81. The predicted octanol–water partition coefficient (Wildman–Crippen LogP) is -0.0729. The molecule has 0 saturated carbocycles. The number of ether oxygens (including phenoxy) is 1. The molecular formula is C35H46N10O14S3. The number of nitrogens with zero attached hydrogens (tertiary/aromatic N) is 3. The number of aromatic amines is 1. The maximum absolute atomic E-state index is 13.3. The molecule has 2 aromatic heterocycles. The van der Waals surface area contributed by atoms with E-state index < -0.39 is 113 Å². The third-order valence-corrected chi connectivity index (χ3v) is 11.3. The second-order valence-electron chi connectivity index (χ2n) is 13.2. The second-order valence-corrected chi connectivity index (χ2v) is 17.4. The van der Waals surface area contributed by atoms with Gasteiger partial charge < -0.3 is 47.3 Å². The second kappa shape index (κ2) is 25.0. The Labute approximate surface area is 361 Å². The quantitative estimate of drug-likeness (QED) is 0.0272. The van der Waals surface area contributed by atoms with E-state index in [-0.39, 0.29) is 47.3 Å². The van der Waals surface area contributed by atoms with Crippen molar-refractivity contribution in [2.24, 2.45) is 5.92 Å². The van der Waals surface area contributed by atoms with Crippen LogP contribution in [0.25, 0.3) is 11.2 Å². The van der Waals surface area contributed by atoms with E-state index in [1.807, 2.05) is 6.92 Å². The molecule has 24 nitrogen and oxygen atoms in total. The van der Waals surface area contributed by atoms with Crippen molar-refractivity contribution in [3.8, 4) is 0 Å². The number of hydrogen-bond acceptors (Lipinski definition) is 18. The van der Waals surface area contributed by atoms with E-state index in [0.717, 1.165) is 21.6 Å². The number of nitrogens with two attached hydrogens (primary N) is 1. The normalized spacial score (nSPS) is 12.6. The molecule has 0 aliphatic rings. The molecular weight excluding hydrogens is 881 g/mol. The fourth-order valence-corrected chi connectivity index (χ4v) is 7.47. The van der Waals surface area contributed by atoms with Crippen molar-refractivity contribution in [3.63, 3.8) is 0 Å². The van der Waals surface area contributed by atoms with Crippen molar-refractivity contribution >= 4 is 96.0 Å². The lowest BCUT2D eigenvalue weighted by Crippen LogP contribution is -2.46. The molecule has 62 heavy (non-hydrogen) atoms. The summed E-state index contributed by atoms with van der Waals surface area (Å²) in [7, 11) is -2.24. The number of carbonyl (C=O) groups is 7. The van der Waals surface area contributed by atoms with Crippen molar-refractivity contribution in [1.29, 1.82) is 0 Å². The number of carbonyl (C=O) groups excluding carboxylic acids is 5. The molecule has 27 heteroatoms. The Morgan fingerprint density at radius 1 is 0.935 bits per heavy atom. The number of ketones is 1. The van der Waals surface area contributed by atoms with E-state index in [0.29, 0.717) is 24.3 Å². The number of nitrogens with one attached hydrogen (secondary N) is 6. The van der Waals surface area contributed by atoms with Crippen LogP contribution in [-0.2, 0) is 45.4 Å². The molecule has 3 aromatic rings. The Morgan fingerprint density at radius 2 is 1.65 bits per heavy atom. The van der Waals surface area contributed by atoms with Crippen LogP contribution in [0.1, 0.15) is 55.1 Å². The van der Waals surface area contributed by atoms with Gasteiger partial charge in [-0.1, -0.05) is 28.5 Å². The van der Waals surface area contributed by atoms with Gasteiger partial charge in [-0.15, -0.1) is 0 Å². The van der Waals surface area contributed by atoms with Gasteiger partial charge in [0.1, 0.15) is 24.5 Å². The van der Waals surface area contributed by atoms with E-state index in [2.05, 4.69) is 46.5 Å². The van der Waals surface area contributed by atoms with Gasteiger partial charge in [-0.3, -0.25) is 33.5 Å². The predicted molar refractivity (Wildman–Crippen MR) is 226 cm³/mol. The van der Waals surface area contributed by atoms with Crippen LogP contribution in [-0.4, -0.2) is 134 Å². The molecule has 0 radical (unpaired) electrons. The van der Waals surface area contributed by atoms with Gasteiger partial charge in [0.05, 0.1) is 30.1 Å². The maximum Gasteiger partial charge on any atom is 0.407 e. The van der Waals surface area contributed by atoms with E-state index >= 15 is 0 Å². The topological polar surface area (TPSA) is 381 Å². The number of hydrogen-bond donors (Lipinski definition) is 10. The van der Waals surface area contributed by atoms with Gasteiger partial charge in [0.15, 0.2) is 11.2 Å². The standard InChI is InChI=1S/C35H46N10O14S3/c1-2-9-38-35(55)59-11-12-60-61-18-25(33(53)54)43-30(49)20(15-26(47)37-10-13-62(56,57)58)14-23(46)7-8-24(32(51)52)42-29(48)19-3-5-21(6-4-19)39-16-22-17-40-28-27(41-22)31(50)45-34(36)44-28/h3-6,17,20,24-25,39H,2,7-16,18H2,1H3,(H,37,47)(H,38,55)(H,42,48)(H,43,49)(H,51,52)(H,53,54)(H,56,57,58)(H3,36,40,44,45,50)/t20-,24-,25-/m0/s1. The molecule has 2 heterocycles. The molecule has 0 bridgehead atoms. The number of benzene rings is 1. The van der Waals surface area contributed by atoms with E-state index in [4.69, 9.17) is 15.0 Å². The first-order chi connectivity index (χ1) is 29.3. The SMILES string of the molecule is CCCNC(=O)OCCSSC[C@H](NC(=O)[C@@H](CC(=O)CC[C@H](NC(=O)c1ccc(NCc2cnc3nc(N)[nH]c(=O)c3n2)cc1)C(=O)O)CC(=O)NCCS(=O)(=O)O)C(=O)O. The van der Waals surface area contributed by atoms with Crippen LogP contribution in [0.5, 0.6) is 0 Å². The van der Waals surface area contributed by atoms with Crippen LogP contribution in [0.4, 0.5) is 16.4 Å². The van der Waals surface area contributed by atoms with Crippen LogP contribution >= 0.6 is 21.6 Å². The molecule has 0 unspecified atom stereocenters. The van der Waals surface area contributed by atoms with Crippen molar-refractivity contribution in [3.05, 3.63) is 52.1 Å².